The first-order valence-electron chi connectivity index (χ1n) is 14.6. The first kappa shape index (κ1) is 28.5. The van der Waals surface area contributed by atoms with Crippen molar-refractivity contribution in [1.82, 2.24) is 14.9 Å². The Morgan fingerprint density at radius 1 is 1.10 bits per heavy atom. The highest BCUT2D eigenvalue weighted by Crippen LogP contribution is 2.35. The van der Waals surface area contributed by atoms with Crippen LogP contribution in [0.5, 0.6) is 5.75 Å². The third kappa shape index (κ3) is 5.82. The van der Waals surface area contributed by atoms with Gasteiger partial charge >= 0.3 is 0 Å². The number of allylic oxidation sites excluding steroid dienone is 2. The normalized spacial score (nSPS) is 18.6. The van der Waals surface area contributed by atoms with Gasteiger partial charge in [-0.2, -0.15) is 0 Å². The highest BCUT2D eigenvalue weighted by molar-refractivity contribution is 6.40. The monoisotopic (exact) mass is 587 g/mol. The number of hydrogen-bond acceptors (Lipinski definition) is 9. The van der Waals surface area contributed by atoms with Crippen molar-refractivity contribution < 1.29 is 9.47 Å². The van der Waals surface area contributed by atoms with Gasteiger partial charge in [0.15, 0.2) is 0 Å². The third-order valence-corrected chi connectivity index (χ3v) is 8.82. The Morgan fingerprint density at radius 2 is 1.88 bits per heavy atom. The second-order valence-corrected chi connectivity index (χ2v) is 11.3. The van der Waals surface area contributed by atoms with Crippen molar-refractivity contribution in [3.8, 4) is 5.75 Å². The summed E-state index contributed by atoms with van der Waals surface area (Å²) in [6.07, 6.45) is 5.62. The molecule has 42 heavy (non-hydrogen) atoms. The Hall–Kier alpha value is -3.66. The number of aryl methyl sites for hydroxylation is 1. The van der Waals surface area contributed by atoms with Crippen molar-refractivity contribution in [1.29, 1.82) is 0 Å². The van der Waals surface area contributed by atoms with E-state index in [0.29, 0.717) is 23.4 Å². The fraction of sp³-hybridized carbons (Fsp3) is 0.406. The molecule has 9 nitrogen and oxygen atoms in total. The van der Waals surface area contributed by atoms with E-state index < -0.39 is 0 Å². The van der Waals surface area contributed by atoms with Crippen LogP contribution in [0.3, 0.4) is 0 Å². The molecular formula is C32H38ClN7O2. The van der Waals surface area contributed by atoms with Gasteiger partial charge in [-0.05, 0) is 49.4 Å². The number of rotatable bonds is 7. The number of ether oxygens (including phenoxy) is 2. The zero-order valence-electron chi connectivity index (χ0n) is 24.3. The predicted octanol–water partition coefficient (Wildman–Crippen LogP) is 4.92. The van der Waals surface area contributed by atoms with Crippen molar-refractivity contribution in [2.45, 2.75) is 31.7 Å². The number of nitrogens with two attached hydrogens (primary N) is 1. The maximum Gasteiger partial charge on any atom is 0.227 e. The minimum atomic E-state index is 0.465. The van der Waals surface area contributed by atoms with Crippen LogP contribution in [0.1, 0.15) is 36.1 Å². The van der Waals surface area contributed by atoms with Crippen LogP contribution >= 0.6 is 11.6 Å². The first-order valence-corrected chi connectivity index (χ1v) is 15.0. The van der Waals surface area contributed by atoms with Crippen LogP contribution in [-0.4, -0.2) is 80.2 Å². The molecule has 3 aromatic rings. The van der Waals surface area contributed by atoms with Gasteiger partial charge in [0.1, 0.15) is 5.75 Å². The van der Waals surface area contributed by atoms with Crippen molar-refractivity contribution in [3.63, 3.8) is 0 Å². The smallest absolute Gasteiger partial charge is 0.227 e. The molecule has 3 N–H and O–H groups in total. The van der Waals surface area contributed by atoms with E-state index in [2.05, 4.69) is 37.2 Å². The van der Waals surface area contributed by atoms with Gasteiger partial charge in [0, 0.05) is 92.3 Å². The quantitative estimate of drug-likeness (QED) is 0.376. The van der Waals surface area contributed by atoms with Crippen LogP contribution in [0.25, 0.3) is 5.57 Å². The Labute approximate surface area is 252 Å². The Balaban J connectivity index is 1.22. The highest BCUT2D eigenvalue weighted by atomic mass is 35.5. The summed E-state index contributed by atoms with van der Waals surface area (Å²) in [6, 6.07) is 14.6. The van der Waals surface area contributed by atoms with E-state index in [1.165, 1.54) is 0 Å². The molecule has 0 bridgehead atoms. The molecule has 0 amide bonds. The van der Waals surface area contributed by atoms with Crippen molar-refractivity contribution >= 4 is 40.2 Å². The number of aromatic nitrogens is 2. The predicted molar refractivity (Wildman–Crippen MR) is 169 cm³/mol. The molecule has 1 aromatic heterocycles. The SMILES string of the molecule is CN=C(C1=C(N)CCc2cnc(Nc3ccc(N4CCN(C5CCOCC5)CC4)cc3OC)nc21)c1ccccc1Cl. The number of halogens is 1. The second-order valence-electron chi connectivity index (χ2n) is 10.9. The lowest BCUT2D eigenvalue weighted by molar-refractivity contribution is 0.0321. The Bertz CT molecular complexity index is 1490. The largest absolute Gasteiger partial charge is 0.494 e. The van der Waals surface area contributed by atoms with Crippen LogP contribution in [0.2, 0.25) is 5.02 Å². The summed E-state index contributed by atoms with van der Waals surface area (Å²) >= 11 is 6.56. The van der Waals surface area contributed by atoms with Crippen LogP contribution in [-0.2, 0) is 11.2 Å². The maximum atomic E-state index is 6.59. The van der Waals surface area contributed by atoms with Crippen LogP contribution in [0.15, 0.2) is 59.4 Å². The van der Waals surface area contributed by atoms with Crippen molar-refractivity contribution in [3.05, 3.63) is 76.2 Å². The molecule has 10 heteroatoms. The number of hydrogen-bond donors (Lipinski definition) is 2. The topological polar surface area (TPSA) is 101 Å². The molecule has 220 valence electrons. The van der Waals surface area contributed by atoms with E-state index in [1.54, 1.807) is 14.2 Å². The summed E-state index contributed by atoms with van der Waals surface area (Å²) in [5, 5.41) is 4.00. The van der Waals surface area contributed by atoms with Gasteiger partial charge in [-0.15, -0.1) is 0 Å². The van der Waals surface area contributed by atoms with E-state index >= 15 is 0 Å². The molecule has 6 rings (SSSR count). The summed E-state index contributed by atoms with van der Waals surface area (Å²) < 4.78 is 11.4. The second kappa shape index (κ2) is 12.7. The Kier molecular flexibility index (Phi) is 8.60. The van der Waals surface area contributed by atoms with Gasteiger partial charge < -0.3 is 25.4 Å². The number of aliphatic imine (C=N–C) groups is 1. The molecule has 0 saturated carbocycles. The molecule has 3 aliphatic rings. The number of nitrogens with one attached hydrogen (secondary N) is 1. The molecule has 3 heterocycles. The highest BCUT2D eigenvalue weighted by Gasteiger charge is 2.27. The van der Waals surface area contributed by atoms with Gasteiger partial charge in [0.05, 0.1) is 24.2 Å². The van der Waals surface area contributed by atoms with E-state index in [1.807, 2.05) is 36.5 Å². The fourth-order valence-corrected chi connectivity index (χ4v) is 6.42. The third-order valence-electron chi connectivity index (χ3n) is 8.49. The van der Waals surface area contributed by atoms with Gasteiger partial charge in [-0.25, -0.2) is 9.97 Å². The lowest BCUT2D eigenvalue weighted by Gasteiger charge is -2.41. The zero-order chi connectivity index (χ0) is 29.1. The number of anilines is 3. The van der Waals surface area contributed by atoms with Gasteiger partial charge in [0.2, 0.25) is 5.95 Å². The summed E-state index contributed by atoms with van der Waals surface area (Å²) in [4.78, 5) is 19.2. The van der Waals surface area contributed by atoms with Gasteiger partial charge in [0.25, 0.3) is 0 Å². The molecule has 2 saturated heterocycles. The van der Waals surface area contributed by atoms with Crippen LogP contribution < -0.4 is 20.7 Å². The summed E-state index contributed by atoms with van der Waals surface area (Å²) in [6.45, 7) is 5.86. The standard InChI is InChI=1S/C32H38ClN7O2/c1-35-31(24-5-3-4-6-25(24)33)29-26(34)9-7-21-20-36-32(38-30(21)29)37-27-10-8-23(19-28(27)41-2)40-15-13-39(14-16-40)22-11-17-42-18-12-22/h3-6,8,10,19-20,22H,7,9,11-18,34H2,1-2H3,(H,36,37,38). The summed E-state index contributed by atoms with van der Waals surface area (Å²) in [7, 11) is 3.45. The molecule has 2 aromatic carbocycles. The summed E-state index contributed by atoms with van der Waals surface area (Å²) in [5.74, 6) is 1.20. The molecule has 2 aliphatic heterocycles. The number of methoxy groups -OCH3 is 1. The minimum absolute atomic E-state index is 0.465. The van der Waals surface area contributed by atoms with Crippen molar-refractivity contribution in [2.24, 2.45) is 10.7 Å². The van der Waals surface area contributed by atoms with Gasteiger partial charge in [-0.3, -0.25) is 9.89 Å². The molecular weight excluding hydrogens is 550 g/mol. The van der Waals surface area contributed by atoms with Gasteiger partial charge in [-0.1, -0.05) is 29.8 Å². The number of fused-ring (bicyclic) bond motifs is 1. The average Bonchev–Trinajstić information content (AvgIpc) is 3.04. The fourth-order valence-electron chi connectivity index (χ4n) is 6.19. The maximum absolute atomic E-state index is 6.59. The van der Waals surface area contributed by atoms with E-state index in [-0.39, 0.29) is 0 Å². The molecule has 0 radical (unpaired) electrons. The number of piperazine rings is 1. The average molecular weight is 588 g/mol. The van der Waals surface area contributed by atoms with Crippen LogP contribution in [0.4, 0.5) is 17.3 Å². The Morgan fingerprint density at radius 3 is 2.62 bits per heavy atom. The molecule has 0 spiro atoms. The van der Waals surface area contributed by atoms with Crippen LogP contribution in [0, 0.1) is 0 Å². The minimum Gasteiger partial charge on any atom is -0.494 e. The molecule has 2 fully saturated rings. The van der Waals surface area contributed by atoms with E-state index in [9.17, 15) is 0 Å². The zero-order valence-corrected chi connectivity index (χ0v) is 25.0. The molecule has 0 unspecified atom stereocenters. The lowest BCUT2D eigenvalue weighted by atomic mass is 9.88. The van der Waals surface area contributed by atoms with Crippen molar-refractivity contribution in [2.75, 3.05) is 63.8 Å². The first-order chi connectivity index (χ1) is 20.6. The molecule has 0 atom stereocenters. The molecule has 1 aliphatic carbocycles. The van der Waals surface area contributed by atoms with E-state index in [4.69, 9.17) is 31.8 Å². The lowest BCUT2D eigenvalue weighted by Crippen LogP contribution is -2.51. The summed E-state index contributed by atoms with van der Waals surface area (Å²) in [5.41, 5.74) is 13.4. The number of benzene rings is 2. The number of nitrogens with zero attached hydrogens (tertiary/aromatic N) is 5. The van der Waals surface area contributed by atoms with E-state index in [0.717, 1.165) is 110 Å².